The van der Waals surface area contributed by atoms with Crippen LogP contribution in [-0.2, 0) is 20.8 Å². The molecule has 6 heteroatoms. The number of rotatable bonds is 7. The third-order valence-corrected chi connectivity index (χ3v) is 3.08. The SMILES string of the molecule is CCOC(=O)C(NCc1cc(C(=O)OC)c(C)o1)C(C)C. The van der Waals surface area contributed by atoms with E-state index in [4.69, 9.17) is 9.15 Å². The molecule has 0 amide bonds. The molecule has 0 aromatic carbocycles. The highest BCUT2D eigenvalue weighted by Crippen LogP contribution is 2.16. The Hall–Kier alpha value is -1.82. The minimum Gasteiger partial charge on any atom is -0.465 e. The van der Waals surface area contributed by atoms with Gasteiger partial charge in [0.25, 0.3) is 0 Å². The second kappa shape index (κ2) is 7.83. The summed E-state index contributed by atoms with van der Waals surface area (Å²) in [5.41, 5.74) is 0.395. The van der Waals surface area contributed by atoms with Crippen molar-refractivity contribution in [1.29, 1.82) is 0 Å². The van der Waals surface area contributed by atoms with Crippen LogP contribution in [0, 0.1) is 12.8 Å². The first-order chi connectivity index (χ1) is 9.90. The molecule has 1 aromatic heterocycles. The van der Waals surface area contributed by atoms with Crippen LogP contribution in [0.1, 0.15) is 42.6 Å². The van der Waals surface area contributed by atoms with Crippen LogP contribution in [-0.4, -0.2) is 31.7 Å². The van der Waals surface area contributed by atoms with Gasteiger partial charge in [-0.25, -0.2) is 4.79 Å². The van der Waals surface area contributed by atoms with Crippen molar-refractivity contribution in [2.75, 3.05) is 13.7 Å². The zero-order chi connectivity index (χ0) is 16.0. The molecular weight excluding hydrogens is 274 g/mol. The molecule has 21 heavy (non-hydrogen) atoms. The van der Waals surface area contributed by atoms with Gasteiger partial charge in [0.1, 0.15) is 23.1 Å². The third-order valence-electron chi connectivity index (χ3n) is 3.08. The van der Waals surface area contributed by atoms with E-state index in [2.05, 4.69) is 10.1 Å². The summed E-state index contributed by atoms with van der Waals surface area (Å²) in [7, 11) is 1.32. The van der Waals surface area contributed by atoms with Gasteiger partial charge < -0.3 is 13.9 Å². The molecule has 0 bridgehead atoms. The average molecular weight is 297 g/mol. The lowest BCUT2D eigenvalue weighted by Crippen LogP contribution is -2.41. The molecule has 1 aromatic rings. The molecule has 0 aliphatic heterocycles. The van der Waals surface area contributed by atoms with E-state index < -0.39 is 12.0 Å². The Morgan fingerprint density at radius 1 is 1.38 bits per heavy atom. The number of nitrogens with one attached hydrogen (secondary N) is 1. The molecule has 0 radical (unpaired) electrons. The van der Waals surface area contributed by atoms with Crippen LogP contribution in [0.15, 0.2) is 10.5 Å². The number of esters is 2. The fourth-order valence-electron chi connectivity index (χ4n) is 1.98. The van der Waals surface area contributed by atoms with Crippen molar-refractivity contribution in [3.8, 4) is 0 Å². The fraction of sp³-hybridized carbons (Fsp3) is 0.600. The molecule has 1 heterocycles. The normalized spacial score (nSPS) is 12.3. The van der Waals surface area contributed by atoms with Gasteiger partial charge in [-0.3, -0.25) is 10.1 Å². The van der Waals surface area contributed by atoms with E-state index in [9.17, 15) is 9.59 Å². The zero-order valence-electron chi connectivity index (χ0n) is 13.2. The summed E-state index contributed by atoms with van der Waals surface area (Å²) in [6.45, 7) is 8.01. The predicted molar refractivity (Wildman–Crippen MR) is 76.9 cm³/mol. The van der Waals surface area contributed by atoms with Crippen LogP contribution in [0.2, 0.25) is 0 Å². The lowest BCUT2D eigenvalue weighted by atomic mass is 10.0. The molecule has 1 atom stereocenters. The summed E-state index contributed by atoms with van der Waals surface area (Å²) in [6, 6.07) is 1.20. The third kappa shape index (κ3) is 4.60. The van der Waals surface area contributed by atoms with Gasteiger partial charge in [0.2, 0.25) is 0 Å². The molecule has 0 saturated carbocycles. The number of aryl methyl sites for hydroxylation is 1. The second-order valence-electron chi connectivity index (χ2n) is 5.03. The number of hydrogen-bond acceptors (Lipinski definition) is 6. The molecule has 118 valence electrons. The van der Waals surface area contributed by atoms with E-state index in [1.54, 1.807) is 19.9 Å². The molecule has 1 rings (SSSR count). The van der Waals surface area contributed by atoms with Crippen molar-refractivity contribution < 1.29 is 23.5 Å². The van der Waals surface area contributed by atoms with Gasteiger partial charge in [0, 0.05) is 0 Å². The molecule has 1 unspecified atom stereocenters. The zero-order valence-corrected chi connectivity index (χ0v) is 13.2. The van der Waals surface area contributed by atoms with Crippen molar-refractivity contribution >= 4 is 11.9 Å². The minimum absolute atomic E-state index is 0.0835. The quantitative estimate of drug-likeness (QED) is 0.776. The maximum atomic E-state index is 11.8. The standard InChI is InChI=1S/C15H23NO5/c1-6-20-15(18)13(9(2)3)16-8-11-7-12(10(4)21-11)14(17)19-5/h7,9,13,16H,6,8H2,1-5H3. The average Bonchev–Trinajstić information content (AvgIpc) is 2.79. The Balaban J connectivity index is 2.72. The molecule has 0 aliphatic carbocycles. The molecule has 0 aliphatic rings. The first-order valence-electron chi connectivity index (χ1n) is 6.98. The summed E-state index contributed by atoms with van der Waals surface area (Å²) in [5.74, 6) is 0.427. The first-order valence-corrected chi connectivity index (χ1v) is 6.98. The number of ether oxygens (including phenoxy) is 2. The number of furan rings is 1. The van der Waals surface area contributed by atoms with Gasteiger partial charge in [-0.15, -0.1) is 0 Å². The van der Waals surface area contributed by atoms with Gasteiger partial charge in [0.05, 0.1) is 20.3 Å². The van der Waals surface area contributed by atoms with Gasteiger partial charge in [-0.05, 0) is 25.8 Å². The van der Waals surface area contributed by atoms with Crippen LogP contribution in [0.5, 0.6) is 0 Å². The number of methoxy groups -OCH3 is 1. The van der Waals surface area contributed by atoms with Gasteiger partial charge >= 0.3 is 11.9 Å². The lowest BCUT2D eigenvalue weighted by Gasteiger charge is -2.19. The van der Waals surface area contributed by atoms with Crippen molar-refractivity contribution in [3.63, 3.8) is 0 Å². The lowest BCUT2D eigenvalue weighted by molar-refractivity contribution is -0.146. The van der Waals surface area contributed by atoms with Gasteiger partial charge in [-0.1, -0.05) is 13.8 Å². The molecule has 1 N–H and O–H groups in total. The van der Waals surface area contributed by atoms with Crippen LogP contribution in [0.4, 0.5) is 0 Å². The highest BCUT2D eigenvalue weighted by atomic mass is 16.5. The Kier molecular flexibility index (Phi) is 6.42. The Morgan fingerprint density at radius 3 is 2.57 bits per heavy atom. The number of carbonyl (C=O) groups excluding carboxylic acids is 2. The molecular formula is C15H23NO5. The monoisotopic (exact) mass is 297 g/mol. The van der Waals surface area contributed by atoms with Gasteiger partial charge in [-0.2, -0.15) is 0 Å². The van der Waals surface area contributed by atoms with Gasteiger partial charge in [0.15, 0.2) is 0 Å². The molecule has 0 spiro atoms. The summed E-state index contributed by atoms with van der Waals surface area (Å²) in [4.78, 5) is 23.4. The Bertz CT molecular complexity index is 492. The topological polar surface area (TPSA) is 77.8 Å². The van der Waals surface area contributed by atoms with E-state index >= 15 is 0 Å². The highest BCUT2D eigenvalue weighted by Gasteiger charge is 2.24. The maximum absolute atomic E-state index is 11.8. The van der Waals surface area contributed by atoms with Crippen LogP contribution in [0.25, 0.3) is 0 Å². The van der Waals surface area contributed by atoms with Crippen molar-refractivity contribution in [2.24, 2.45) is 5.92 Å². The smallest absolute Gasteiger partial charge is 0.341 e. The van der Waals surface area contributed by atoms with E-state index in [1.807, 2.05) is 13.8 Å². The van der Waals surface area contributed by atoms with Crippen LogP contribution >= 0.6 is 0 Å². The summed E-state index contributed by atoms with van der Waals surface area (Å²) >= 11 is 0. The van der Waals surface area contributed by atoms with Crippen molar-refractivity contribution in [1.82, 2.24) is 5.32 Å². The van der Waals surface area contributed by atoms with E-state index in [1.165, 1.54) is 7.11 Å². The number of carbonyl (C=O) groups is 2. The van der Waals surface area contributed by atoms with Crippen LogP contribution in [0.3, 0.4) is 0 Å². The summed E-state index contributed by atoms with van der Waals surface area (Å²) in [6.07, 6.45) is 0. The van der Waals surface area contributed by atoms with Crippen molar-refractivity contribution in [2.45, 2.75) is 40.3 Å². The van der Waals surface area contributed by atoms with E-state index in [-0.39, 0.29) is 11.9 Å². The van der Waals surface area contributed by atoms with Crippen molar-refractivity contribution in [3.05, 3.63) is 23.2 Å². The number of hydrogen-bond donors (Lipinski definition) is 1. The van der Waals surface area contributed by atoms with E-state index in [0.29, 0.717) is 30.2 Å². The molecule has 0 saturated heterocycles. The fourth-order valence-corrected chi connectivity index (χ4v) is 1.98. The predicted octanol–water partition coefficient (Wildman–Crippen LogP) is 2.05. The Labute approximate surface area is 124 Å². The summed E-state index contributed by atoms with van der Waals surface area (Å²) < 4.78 is 15.2. The highest BCUT2D eigenvalue weighted by molar-refractivity contribution is 5.90. The molecule has 6 nitrogen and oxygen atoms in total. The largest absolute Gasteiger partial charge is 0.465 e. The van der Waals surface area contributed by atoms with Crippen LogP contribution < -0.4 is 5.32 Å². The maximum Gasteiger partial charge on any atom is 0.341 e. The molecule has 0 fully saturated rings. The second-order valence-corrected chi connectivity index (χ2v) is 5.03. The Morgan fingerprint density at radius 2 is 2.05 bits per heavy atom. The summed E-state index contributed by atoms with van der Waals surface area (Å²) in [5, 5.41) is 3.10. The van der Waals surface area contributed by atoms with E-state index in [0.717, 1.165) is 0 Å². The minimum atomic E-state index is -0.437. The first kappa shape index (κ1) is 17.2.